The molecular formula is C31H26O6. The van der Waals surface area contributed by atoms with E-state index in [0.717, 1.165) is 21.5 Å². The standard InChI is InChI=1S/C31H26O6/c1-19(31(35)37-21(3)30(34)27-17-9-13-23-11-5-7-15-25(23)27)18-28(32)36-20(2)29(33)26-16-8-12-22-10-4-6-14-24(22)26/h4-17,20-21H,1,18H2,2-3H3. The fourth-order valence-electron chi connectivity index (χ4n) is 4.15. The highest BCUT2D eigenvalue weighted by Crippen LogP contribution is 2.22. The van der Waals surface area contributed by atoms with Crippen molar-refractivity contribution in [3.63, 3.8) is 0 Å². The van der Waals surface area contributed by atoms with Crippen LogP contribution in [0.15, 0.2) is 97.1 Å². The number of hydrogen-bond donors (Lipinski definition) is 0. The summed E-state index contributed by atoms with van der Waals surface area (Å²) >= 11 is 0. The summed E-state index contributed by atoms with van der Waals surface area (Å²) in [6.45, 7) is 6.56. The number of esters is 2. The lowest BCUT2D eigenvalue weighted by molar-refractivity contribution is -0.148. The first-order valence-corrected chi connectivity index (χ1v) is 11.9. The number of rotatable bonds is 9. The normalized spacial score (nSPS) is 12.5. The first-order chi connectivity index (χ1) is 17.8. The van der Waals surface area contributed by atoms with Crippen LogP contribution in [-0.4, -0.2) is 35.7 Å². The SMILES string of the molecule is C=C(CC(=O)OC(C)C(=O)c1cccc2ccccc12)C(=O)OC(C)C(=O)c1cccc2ccccc12. The molecule has 0 fully saturated rings. The zero-order chi connectivity index (χ0) is 26.5. The molecule has 6 nitrogen and oxygen atoms in total. The number of carbonyl (C=O) groups excluding carboxylic acids is 4. The second kappa shape index (κ2) is 11.0. The highest BCUT2D eigenvalue weighted by Gasteiger charge is 2.25. The number of benzene rings is 4. The summed E-state index contributed by atoms with van der Waals surface area (Å²) in [5.41, 5.74) is 0.703. The number of hydrogen-bond acceptors (Lipinski definition) is 6. The van der Waals surface area contributed by atoms with Crippen molar-refractivity contribution in [3.05, 3.63) is 108 Å². The molecule has 2 atom stereocenters. The van der Waals surface area contributed by atoms with E-state index in [1.807, 2.05) is 60.7 Å². The van der Waals surface area contributed by atoms with Crippen molar-refractivity contribution in [1.29, 1.82) is 0 Å². The Labute approximate surface area is 214 Å². The fraction of sp³-hybridized carbons (Fsp3) is 0.161. The lowest BCUT2D eigenvalue weighted by Gasteiger charge is -2.16. The van der Waals surface area contributed by atoms with Crippen molar-refractivity contribution in [1.82, 2.24) is 0 Å². The summed E-state index contributed by atoms with van der Waals surface area (Å²) in [6.07, 6.45) is -2.62. The molecule has 0 radical (unpaired) electrons. The van der Waals surface area contributed by atoms with E-state index >= 15 is 0 Å². The van der Waals surface area contributed by atoms with Crippen molar-refractivity contribution in [3.8, 4) is 0 Å². The Hall–Kier alpha value is -4.58. The van der Waals surface area contributed by atoms with E-state index in [0.29, 0.717) is 11.1 Å². The zero-order valence-corrected chi connectivity index (χ0v) is 20.6. The van der Waals surface area contributed by atoms with Gasteiger partial charge in [0.25, 0.3) is 0 Å². The third kappa shape index (κ3) is 5.64. The van der Waals surface area contributed by atoms with Crippen LogP contribution in [0.4, 0.5) is 0 Å². The van der Waals surface area contributed by atoms with E-state index < -0.39 is 30.6 Å². The molecule has 4 aromatic rings. The molecule has 4 aromatic carbocycles. The lowest BCUT2D eigenvalue weighted by Crippen LogP contribution is -2.27. The van der Waals surface area contributed by atoms with Crippen molar-refractivity contribution < 1.29 is 28.7 Å². The molecule has 0 saturated heterocycles. The quantitative estimate of drug-likeness (QED) is 0.164. The van der Waals surface area contributed by atoms with Crippen LogP contribution in [0, 0.1) is 0 Å². The minimum absolute atomic E-state index is 0.174. The van der Waals surface area contributed by atoms with Gasteiger partial charge < -0.3 is 9.47 Å². The first-order valence-electron chi connectivity index (χ1n) is 11.9. The van der Waals surface area contributed by atoms with Crippen LogP contribution < -0.4 is 0 Å². The average Bonchev–Trinajstić information content (AvgIpc) is 2.91. The molecule has 0 aromatic heterocycles. The maximum Gasteiger partial charge on any atom is 0.334 e. The van der Waals surface area contributed by atoms with Gasteiger partial charge >= 0.3 is 11.9 Å². The zero-order valence-electron chi connectivity index (χ0n) is 20.6. The Morgan fingerprint density at radius 1 is 0.649 bits per heavy atom. The van der Waals surface area contributed by atoms with E-state index in [2.05, 4.69) is 6.58 Å². The number of fused-ring (bicyclic) bond motifs is 2. The summed E-state index contributed by atoms with van der Waals surface area (Å²) in [7, 11) is 0. The maximum absolute atomic E-state index is 13.0. The minimum Gasteiger partial charge on any atom is -0.454 e. The van der Waals surface area contributed by atoms with Gasteiger partial charge in [-0.25, -0.2) is 4.79 Å². The Balaban J connectivity index is 1.35. The summed E-state index contributed by atoms with van der Waals surface area (Å²) in [5.74, 6) is -2.40. The van der Waals surface area contributed by atoms with Gasteiger partial charge in [0, 0.05) is 16.7 Å². The Bertz CT molecular complexity index is 1520. The van der Waals surface area contributed by atoms with Gasteiger partial charge in [-0.15, -0.1) is 0 Å². The molecule has 0 amide bonds. The maximum atomic E-state index is 13.0. The van der Waals surface area contributed by atoms with Gasteiger partial charge in [0.15, 0.2) is 12.2 Å². The molecule has 0 heterocycles. The molecule has 0 spiro atoms. The molecule has 2 unspecified atom stereocenters. The van der Waals surface area contributed by atoms with Crippen LogP contribution in [0.2, 0.25) is 0 Å². The van der Waals surface area contributed by atoms with Crippen LogP contribution in [0.5, 0.6) is 0 Å². The largest absolute Gasteiger partial charge is 0.454 e. The molecule has 6 heteroatoms. The lowest BCUT2D eigenvalue weighted by atomic mass is 9.99. The number of ketones is 2. The monoisotopic (exact) mass is 494 g/mol. The molecule has 186 valence electrons. The average molecular weight is 495 g/mol. The minimum atomic E-state index is -1.09. The number of carbonyl (C=O) groups is 4. The summed E-state index contributed by atoms with van der Waals surface area (Å²) in [6, 6.07) is 25.5. The molecule has 0 aliphatic heterocycles. The molecule has 37 heavy (non-hydrogen) atoms. The molecule has 0 bridgehead atoms. The molecule has 0 aliphatic carbocycles. The smallest absolute Gasteiger partial charge is 0.334 e. The Kier molecular flexibility index (Phi) is 7.58. The molecule has 0 aliphatic rings. The van der Waals surface area contributed by atoms with E-state index in [1.54, 1.807) is 24.3 Å². The van der Waals surface area contributed by atoms with Crippen molar-refractivity contribution in [2.75, 3.05) is 0 Å². The topological polar surface area (TPSA) is 86.7 Å². The first kappa shape index (κ1) is 25.5. The predicted molar refractivity (Wildman–Crippen MR) is 141 cm³/mol. The van der Waals surface area contributed by atoms with Gasteiger partial charge in [-0.05, 0) is 35.4 Å². The second-order valence-electron chi connectivity index (χ2n) is 8.74. The van der Waals surface area contributed by atoms with Gasteiger partial charge in [0.05, 0.1) is 6.42 Å². The second-order valence-corrected chi connectivity index (χ2v) is 8.74. The van der Waals surface area contributed by atoms with Gasteiger partial charge in [-0.1, -0.05) is 91.5 Å². The van der Waals surface area contributed by atoms with Crippen molar-refractivity contribution in [2.45, 2.75) is 32.5 Å². The van der Waals surface area contributed by atoms with Gasteiger partial charge in [0.1, 0.15) is 0 Å². The third-order valence-corrected chi connectivity index (χ3v) is 6.09. The van der Waals surface area contributed by atoms with E-state index in [4.69, 9.17) is 9.47 Å². The summed E-state index contributed by atoms with van der Waals surface area (Å²) in [4.78, 5) is 50.9. The van der Waals surface area contributed by atoms with E-state index in [-0.39, 0.29) is 17.1 Å². The van der Waals surface area contributed by atoms with Gasteiger partial charge in [0.2, 0.25) is 11.6 Å². The molecule has 4 rings (SSSR count). The van der Waals surface area contributed by atoms with Gasteiger partial charge in [-0.3, -0.25) is 14.4 Å². The van der Waals surface area contributed by atoms with Crippen LogP contribution >= 0.6 is 0 Å². The van der Waals surface area contributed by atoms with E-state index in [1.165, 1.54) is 13.8 Å². The Morgan fingerprint density at radius 3 is 1.59 bits per heavy atom. The van der Waals surface area contributed by atoms with Crippen molar-refractivity contribution >= 4 is 45.0 Å². The number of ether oxygens (including phenoxy) is 2. The van der Waals surface area contributed by atoms with Crippen LogP contribution in [0.1, 0.15) is 41.0 Å². The number of Topliss-reactive ketones (excluding diaryl/α,β-unsaturated/α-hetero) is 2. The van der Waals surface area contributed by atoms with Crippen LogP contribution in [0.3, 0.4) is 0 Å². The van der Waals surface area contributed by atoms with Crippen LogP contribution in [-0.2, 0) is 19.1 Å². The highest BCUT2D eigenvalue weighted by atomic mass is 16.6. The molecule has 0 saturated carbocycles. The highest BCUT2D eigenvalue weighted by molar-refractivity contribution is 6.11. The predicted octanol–water partition coefficient (Wildman–Crippen LogP) is 5.87. The summed E-state index contributed by atoms with van der Waals surface area (Å²) < 4.78 is 10.6. The summed E-state index contributed by atoms with van der Waals surface area (Å²) in [5, 5.41) is 3.31. The van der Waals surface area contributed by atoms with E-state index in [9.17, 15) is 19.2 Å². The molecule has 0 N–H and O–H groups in total. The van der Waals surface area contributed by atoms with Gasteiger partial charge in [-0.2, -0.15) is 0 Å². The van der Waals surface area contributed by atoms with Crippen molar-refractivity contribution in [2.24, 2.45) is 0 Å². The fourth-order valence-corrected chi connectivity index (χ4v) is 4.15. The van der Waals surface area contributed by atoms with Crippen LogP contribution in [0.25, 0.3) is 21.5 Å². The Morgan fingerprint density at radius 2 is 1.08 bits per heavy atom. The molecular weight excluding hydrogens is 468 g/mol. The third-order valence-electron chi connectivity index (χ3n) is 6.09.